The molecule has 0 radical (unpaired) electrons. The predicted octanol–water partition coefficient (Wildman–Crippen LogP) is 3.17. The van der Waals surface area contributed by atoms with Crippen LogP contribution in [0.5, 0.6) is 17.2 Å². The second-order valence-electron chi connectivity index (χ2n) is 4.73. The molecule has 4 nitrogen and oxygen atoms in total. The molecule has 21 heavy (non-hydrogen) atoms. The van der Waals surface area contributed by atoms with Gasteiger partial charge in [-0.2, -0.15) is 0 Å². The predicted molar refractivity (Wildman–Crippen MR) is 83.0 cm³/mol. The van der Waals surface area contributed by atoms with E-state index in [0.717, 1.165) is 22.8 Å². The van der Waals surface area contributed by atoms with Gasteiger partial charge in [-0.3, -0.25) is 0 Å². The van der Waals surface area contributed by atoms with E-state index in [2.05, 4.69) is 0 Å². The maximum absolute atomic E-state index is 5.80. The molecule has 0 spiro atoms. The van der Waals surface area contributed by atoms with Crippen LogP contribution in [-0.2, 0) is 0 Å². The SMILES string of the molecule is COc1ccc(OCCOc2ccc([C@@H](C)N)cc2)cc1. The quantitative estimate of drug-likeness (QED) is 0.795. The van der Waals surface area contributed by atoms with E-state index in [-0.39, 0.29) is 6.04 Å². The molecule has 4 heteroatoms. The fraction of sp³-hybridized carbons (Fsp3) is 0.294. The zero-order chi connectivity index (χ0) is 15.1. The first-order valence-electron chi connectivity index (χ1n) is 6.94. The van der Waals surface area contributed by atoms with Gasteiger partial charge < -0.3 is 19.9 Å². The Bertz CT molecular complexity index is 535. The molecule has 0 aliphatic rings. The molecule has 0 fully saturated rings. The van der Waals surface area contributed by atoms with E-state index >= 15 is 0 Å². The van der Waals surface area contributed by atoms with Crippen LogP contribution in [-0.4, -0.2) is 20.3 Å². The molecular formula is C17H21NO3. The maximum atomic E-state index is 5.80. The summed E-state index contributed by atoms with van der Waals surface area (Å²) in [5.74, 6) is 2.43. The van der Waals surface area contributed by atoms with Gasteiger partial charge in [-0.25, -0.2) is 0 Å². The molecule has 0 saturated heterocycles. The van der Waals surface area contributed by atoms with Crippen LogP contribution in [0.4, 0.5) is 0 Å². The van der Waals surface area contributed by atoms with Gasteiger partial charge in [0.15, 0.2) is 0 Å². The Kier molecular flexibility index (Phi) is 5.46. The maximum Gasteiger partial charge on any atom is 0.122 e. The largest absolute Gasteiger partial charge is 0.497 e. The van der Waals surface area contributed by atoms with Crippen molar-refractivity contribution >= 4 is 0 Å². The lowest BCUT2D eigenvalue weighted by molar-refractivity contribution is 0.217. The number of methoxy groups -OCH3 is 1. The van der Waals surface area contributed by atoms with Gasteiger partial charge in [-0.15, -0.1) is 0 Å². The van der Waals surface area contributed by atoms with Crippen molar-refractivity contribution < 1.29 is 14.2 Å². The van der Waals surface area contributed by atoms with E-state index in [0.29, 0.717) is 13.2 Å². The Balaban J connectivity index is 1.73. The monoisotopic (exact) mass is 287 g/mol. The van der Waals surface area contributed by atoms with Crippen LogP contribution < -0.4 is 19.9 Å². The summed E-state index contributed by atoms with van der Waals surface area (Å²) >= 11 is 0. The first kappa shape index (κ1) is 15.2. The fourth-order valence-corrected chi connectivity index (χ4v) is 1.86. The van der Waals surface area contributed by atoms with Crippen molar-refractivity contribution in [1.29, 1.82) is 0 Å². The lowest BCUT2D eigenvalue weighted by Crippen LogP contribution is -2.09. The molecule has 2 rings (SSSR count). The Morgan fingerprint density at radius 2 is 1.24 bits per heavy atom. The third kappa shape index (κ3) is 4.68. The van der Waals surface area contributed by atoms with Crippen LogP contribution in [0.1, 0.15) is 18.5 Å². The first-order valence-corrected chi connectivity index (χ1v) is 6.94. The van der Waals surface area contributed by atoms with E-state index < -0.39 is 0 Å². The highest BCUT2D eigenvalue weighted by Gasteiger charge is 2.00. The van der Waals surface area contributed by atoms with E-state index in [1.165, 1.54) is 0 Å². The van der Waals surface area contributed by atoms with Gasteiger partial charge >= 0.3 is 0 Å². The van der Waals surface area contributed by atoms with Crippen LogP contribution in [0.2, 0.25) is 0 Å². The van der Waals surface area contributed by atoms with E-state index in [9.17, 15) is 0 Å². The van der Waals surface area contributed by atoms with Crippen LogP contribution in [0, 0.1) is 0 Å². The summed E-state index contributed by atoms with van der Waals surface area (Å²) in [6.45, 7) is 2.93. The average molecular weight is 287 g/mol. The summed E-state index contributed by atoms with van der Waals surface area (Å²) in [7, 11) is 1.64. The highest BCUT2D eigenvalue weighted by Crippen LogP contribution is 2.18. The van der Waals surface area contributed by atoms with Gasteiger partial charge in [-0.1, -0.05) is 12.1 Å². The molecule has 0 aliphatic carbocycles. The van der Waals surface area contributed by atoms with Crippen LogP contribution in [0.15, 0.2) is 48.5 Å². The minimum atomic E-state index is 0.0393. The van der Waals surface area contributed by atoms with Crippen molar-refractivity contribution in [2.75, 3.05) is 20.3 Å². The number of hydrogen-bond acceptors (Lipinski definition) is 4. The smallest absolute Gasteiger partial charge is 0.122 e. The van der Waals surface area contributed by atoms with Gasteiger partial charge in [0.25, 0.3) is 0 Å². The van der Waals surface area contributed by atoms with Crippen molar-refractivity contribution in [3.05, 3.63) is 54.1 Å². The Morgan fingerprint density at radius 1 is 0.810 bits per heavy atom. The Labute approximate surface area is 125 Å². The molecule has 0 aromatic heterocycles. The van der Waals surface area contributed by atoms with Crippen molar-refractivity contribution in [2.24, 2.45) is 5.73 Å². The first-order chi connectivity index (χ1) is 10.2. The van der Waals surface area contributed by atoms with Crippen molar-refractivity contribution in [3.63, 3.8) is 0 Å². The lowest BCUT2D eigenvalue weighted by Gasteiger charge is -2.10. The van der Waals surface area contributed by atoms with Gasteiger partial charge in [0.2, 0.25) is 0 Å². The van der Waals surface area contributed by atoms with Crippen LogP contribution in [0.25, 0.3) is 0 Å². The van der Waals surface area contributed by atoms with Crippen LogP contribution in [0.3, 0.4) is 0 Å². The topological polar surface area (TPSA) is 53.7 Å². The summed E-state index contributed by atoms with van der Waals surface area (Å²) < 4.78 is 16.3. The molecule has 2 aromatic rings. The summed E-state index contributed by atoms with van der Waals surface area (Å²) in [5.41, 5.74) is 6.90. The molecule has 0 saturated carbocycles. The normalized spacial score (nSPS) is 11.8. The molecular weight excluding hydrogens is 266 g/mol. The highest BCUT2D eigenvalue weighted by molar-refractivity contribution is 5.31. The number of nitrogens with two attached hydrogens (primary N) is 1. The molecule has 112 valence electrons. The summed E-state index contributed by atoms with van der Waals surface area (Å²) in [6.07, 6.45) is 0. The molecule has 2 aromatic carbocycles. The van der Waals surface area contributed by atoms with Crippen molar-refractivity contribution in [2.45, 2.75) is 13.0 Å². The Morgan fingerprint density at radius 3 is 1.67 bits per heavy atom. The zero-order valence-corrected chi connectivity index (χ0v) is 12.4. The molecule has 0 heterocycles. The summed E-state index contributed by atoms with van der Waals surface area (Å²) in [4.78, 5) is 0. The number of ether oxygens (including phenoxy) is 3. The van der Waals surface area contributed by atoms with Gasteiger partial charge in [0.05, 0.1) is 7.11 Å². The van der Waals surface area contributed by atoms with E-state index in [4.69, 9.17) is 19.9 Å². The van der Waals surface area contributed by atoms with E-state index in [1.54, 1.807) is 7.11 Å². The minimum Gasteiger partial charge on any atom is -0.497 e. The molecule has 1 atom stereocenters. The zero-order valence-electron chi connectivity index (χ0n) is 12.4. The lowest BCUT2D eigenvalue weighted by atomic mass is 10.1. The third-order valence-corrected chi connectivity index (χ3v) is 3.09. The molecule has 0 bridgehead atoms. The van der Waals surface area contributed by atoms with Gasteiger partial charge in [0, 0.05) is 6.04 Å². The molecule has 0 amide bonds. The highest BCUT2D eigenvalue weighted by atomic mass is 16.5. The fourth-order valence-electron chi connectivity index (χ4n) is 1.86. The Hall–Kier alpha value is -2.20. The standard InChI is InChI=1S/C17H21NO3/c1-13(18)14-3-5-16(6-4-14)20-11-12-21-17-9-7-15(19-2)8-10-17/h3-10,13H,11-12,18H2,1-2H3/t13-/m1/s1. The second-order valence-corrected chi connectivity index (χ2v) is 4.73. The molecule has 2 N–H and O–H groups in total. The second kappa shape index (κ2) is 7.55. The van der Waals surface area contributed by atoms with E-state index in [1.807, 2.05) is 55.5 Å². The third-order valence-electron chi connectivity index (χ3n) is 3.09. The number of benzene rings is 2. The van der Waals surface area contributed by atoms with Crippen LogP contribution >= 0.6 is 0 Å². The van der Waals surface area contributed by atoms with Gasteiger partial charge in [0.1, 0.15) is 30.5 Å². The van der Waals surface area contributed by atoms with Gasteiger partial charge in [-0.05, 0) is 48.9 Å². The average Bonchev–Trinajstić information content (AvgIpc) is 2.52. The summed E-state index contributed by atoms with van der Waals surface area (Å²) in [6, 6.07) is 15.3. The van der Waals surface area contributed by atoms with Crippen molar-refractivity contribution in [3.8, 4) is 17.2 Å². The molecule has 0 aliphatic heterocycles. The summed E-state index contributed by atoms with van der Waals surface area (Å²) in [5, 5.41) is 0. The molecule has 0 unspecified atom stereocenters. The number of rotatable bonds is 7. The van der Waals surface area contributed by atoms with Crippen molar-refractivity contribution in [1.82, 2.24) is 0 Å². The number of hydrogen-bond donors (Lipinski definition) is 1. The minimum absolute atomic E-state index is 0.0393.